The maximum absolute atomic E-state index is 12.7. The average Bonchev–Trinajstić information content (AvgIpc) is 3.04. The summed E-state index contributed by atoms with van der Waals surface area (Å²) in [5.41, 5.74) is 0.849. The van der Waals surface area contributed by atoms with Crippen molar-refractivity contribution in [3.8, 4) is 0 Å². The molecule has 6 heteroatoms. The van der Waals surface area contributed by atoms with E-state index in [4.69, 9.17) is 4.74 Å². The molecule has 2 aliphatic heterocycles. The fourth-order valence-electron chi connectivity index (χ4n) is 2.84. The number of carbonyl (C=O) groups is 2. The van der Waals surface area contributed by atoms with Gasteiger partial charge in [0.1, 0.15) is 0 Å². The summed E-state index contributed by atoms with van der Waals surface area (Å²) in [5, 5.41) is 2.88. The first-order chi connectivity index (χ1) is 10.5. The van der Waals surface area contributed by atoms with Gasteiger partial charge in [-0.2, -0.15) is 0 Å². The van der Waals surface area contributed by atoms with Gasteiger partial charge in [-0.3, -0.25) is 9.59 Å². The first-order valence-corrected chi connectivity index (χ1v) is 8.30. The summed E-state index contributed by atoms with van der Waals surface area (Å²) >= 11 is 1.32. The third kappa shape index (κ3) is 2.61. The number of carbonyl (C=O) groups excluding carboxylic acids is 2. The lowest BCUT2D eigenvalue weighted by Gasteiger charge is -2.37. The van der Waals surface area contributed by atoms with Crippen molar-refractivity contribution in [1.82, 2.24) is 5.32 Å². The Balaban J connectivity index is 1.76. The van der Waals surface area contributed by atoms with Gasteiger partial charge in [0.25, 0.3) is 5.91 Å². The number of rotatable bonds is 3. The van der Waals surface area contributed by atoms with Crippen molar-refractivity contribution in [2.45, 2.75) is 35.5 Å². The van der Waals surface area contributed by atoms with Crippen LogP contribution in [0.15, 0.2) is 29.2 Å². The number of nitrogens with zero attached hydrogens (tertiary/aromatic N) is 1. The van der Waals surface area contributed by atoms with E-state index in [0.29, 0.717) is 6.54 Å². The number of anilines is 1. The van der Waals surface area contributed by atoms with Gasteiger partial charge in [0.2, 0.25) is 5.91 Å². The molecular weight excluding hydrogens is 300 g/mol. The summed E-state index contributed by atoms with van der Waals surface area (Å²) in [4.78, 5) is 27.8. The maximum Gasteiger partial charge on any atom is 0.252 e. The van der Waals surface area contributed by atoms with E-state index in [2.05, 4.69) is 5.32 Å². The molecular formula is C16H20N2O3S. The van der Waals surface area contributed by atoms with Crippen molar-refractivity contribution < 1.29 is 14.3 Å². The maximum atomic E-state index is 12.7. The Bertz CT molecular complexity index is 601. The highest BCUT2D eigenvalue weighted by Crippen LogP contribution is 2.44. The van der Waals surface area contributed by atoms with Crippen LogP contribution in [0.2, 0.25) is 0 Å². The molecule has 3 rings (SSSR count). The quantitative estimate of drug-likeness (QED) is 0.863. The van der Waals surface area contributed by atoms with E-state index in [0.717, 1.165) is 30.0 Å². The molecule has 0 radical (unpaired) electrons. The molecule has 0 saturated carbocycles. The fourth-order valence-corrected chi connectivity index (χ4v) is 4.12. The minimum atomic E-state index is -1.14. The van der Waals surface area contributed by atoms with Crippen LogP contribution >= 0.6 is 11.8 Å². The van der Waals surface area contributed by atoms with Crippen molar-refractivity contribution in [3.05, 3.63) is 24.3 Å². The molecule has 1 saturated heterocycles. The number of para-hydroxylation sites is 1. The van der Waals surface area contributed by atoms with Crippen molar-refractivity contribution in [2.75, 3.05) is 25.1 Å². The lowest BCUT2D eigenvalue weighted by Crippen LogP contribution is -2.56. The second kappa shape index (κ2) is 5.93. The van der Waals surface area contributed by atoms with Gasteiger partial charge in [-0.1, -0.05) is 23.9 Å². The number of fused-ring (bicyclic) bond motifs is 1. The first kappa shape index (κ1) is 15.4. The Morgan fingerprint density at radius 3 is 3.00 bits per heavy atom. The molecule has 22 heavy (non-hydrogen) atoms. The number of hydrogen-bond donors (Lipinski definition) is 1. The summed E-state index contributed by atoms with van der Waals surface area (Å²) in [7, 11) is 1.71. The molecule has 5 nitrogen and oxygen atoms in total. The van der Waals surface area contributed by atoms with Crippen molar-refractivity contribution >= 4 is 29.3 Å². The van der Waals surface area contributed by atoms with Crippen molar-refractivity contribution in [1.29, 1.82) is 0 Å². The van der Waals surface area contributed by atoms with Crippen LogP contribution in [0.1, 0.15) is 19.8 Å². The zero-order valence-electron chi connectivity index (χ0n) is 12.8. The number of nitrogens with one attached hydrogen (secondary N) is 1. The number of benzene rings is 1. The van der Waals surface area contributed by atoms with Crippen LogP contribution in [0, 0.1) is 0 Å². The van der Waals surface area contributed by atoms with Crippen LogP contribution in [0.5, 0.6) is 0 Å². The molecule has 0 aromatic heterocycles. The second-order valence-corrected chi connectivity index (χ2v) is 7.27. The summed E-state index contributed by atoms with van der Waals surface area (Å²) in [6.45, 7) is 2.91. The molecule has 0 aliphatic carbocycles. The molecule has 118 valence electrons. The minimum absolute atomic E-state index is 0.0706. The van der Waals surface area contributed by atoms with Gasteiger partial charge in [-0.15, -0.1) is 0 Å². The van der Waals surface area contributed by atoms with E-state index >= 15 is 0 Å². The van der Waals surface area contributed by atoms with Crippen LogP contribution in [-0.2, 0) is 14.3 Å². The minimum Gasteiger partial charge on any atom is -0.376 e. The fraction of sp³-hybridized carbons (Fsp3) is 0.500. The lowest BCUT2D eigenvalue weighted by molar-refractivity contribution is -0.131. The second-order valence-electron chi connectivity index (χ2n) is 5.81. The highest BCUT2D eigenvalue weighted by Gasteiger charge is 2.48. The summed E-state index contributed by atoms with van der Waals surface area (Å²) in [6.07, 6.45) is 2.06. The van der Waals surface area contributed by atoms with Gasteiger partial charge >= 0.3 is 0 Å². The van der Waals surface area contributed by atoms with Crippen molar-refractivity contribution in [2.24, 2.45) is 0 Å². The highest BCUT2D eigenvalue weighted by molar-refractivity contribution is 8.02. The van der Waals surface area contributed by atoms with E-state index in [-0.39, 0.29) is 17.9 Å². The molecule has 0 spiro atoms. The molecule has 2 amide bonds. The SMILES string of the molecule is CN1C(=O)[C@@](C)(C(=O)NC[C@H]2CCCO2)Sc2ccccc21. The molecule has 2 aliphatic rings. The standard InChI is InChI=1S/C16H20N2O3S/c1-16(14(19)17-10-11-6-5-9-21-11)15(20)18(2)12-7-3-4-8-13(12)22-16/h3-4,7-8,11H,5-6,9-10H2,1-2H3,(H,17,19)/t11-,16-/m1/s1. The average molecular weight is 320 g/mol. The van der Waals surface area contributed by atoms with Gasteiger partial charge in [0.05, 0.1) is 11.8 Å². The Labute approximate surface area is 134 Å². The largest absolute Gasteiger partial charge is 0.376 e. The molecule has 2 atom stereocenters. The molecule has 0 bridgehead atoms. The number of amides is 2. The van der Waals surface area contributed by atoms with Gasteiger partial charge in [-0.25, -0.2) is 0 Å². The number of thioether (sulfide) groups is 1. The Morgan fingerprint density at radius 2 is 2.27 bits per heavy atom. The van der Waals surface area contributed by atoms with E-state index in [1.54, 1.807) is 18.9 Å². The van der Waals surface area contributed by atoms with E-state index < -0.39 is 4.75 Å². The topological polar surface area (TPSA) is 58.6 Å². The van der Waals surface area contributed by atoms with Gasteiger partial charge in [0, 0.05) is 25.1 Å². The monoisotopic (exact) mass is 320 g/mol. The van der Waals surface area contributed by atoms with E-state index in [9.17, 15) is 9.59 Å². The third-order valence-electron chi connectivity index (χ3n) is 4.20. The van der Waals surface area contributed by atoms with Crippen LogP contribution in [0.4, 0.5) is 5.69 Å². The van der Waals surface area contributed by atoms with Crippen LogP contribution < -0.4 is 10.2 Å². The third-order valence-corrected chi connectivity index (χ3v) is 5.53. The zero-order chi connectivity index (χ0) is 15.7. The Hall–Kier alpha value is -1.53. The first-order valence-electron chi connectivity index (χ1n) is 7.48. The molecule has 2 heterocycles. The summed E-state index contributed by atoms with van der Waals surface area (Å²) in [6, 6.07) is 7.64. The molecule has 0 unspecified atom stereocenters. The highest BCUT2D eigenvalue weighted by atomic mass is 32.2. The smallest absolute Gasteiger partial charge is 0.252 e. The Kier molecular flexibility index (Phi) is 4.14. The Morgan fingerprint density at radius 1 is 1.50 bits per heavy atom. The molecule has 1 aromatic rings. The predicted molar refractivity (Wildman–Crippen MR) is 86.1 cm³/mol. The van der Waals surface area contributed by atoms with Gasteiger partial charge in [-0.05, 0) is 31.9 Å². The summed E-state index contributed by atoms with van der Waals surface area (Å²) in [5.74, 6) is -0.444. The normalized spacial score (nSPS) is 27.6. The van der Waals surface area contributed by atoms with Crippen LogP contribution in [0.25, 0.3) is 0 Å². The summed E-state index contributed by atoms with van der Waals surface area (Å²) < 4.78 is 4.37. The molecule has 1 aromatic carbocycles. The van der Waals surface area contributed by atoms with Gasteiger partial charge < -0.3 is 15.0 Å². The lowest BCUT2D eigenvalue weighted by atomic mass is 10.1. The van der Waals surface area contributed by atoms with Crippen LogP contribution in [-0.4, -0.2) is 42.9 Å². The molecule has 1 fully saturated rings. The number of ether oxygens (including phenoxy) is 1. The predicted octanol–water partition coefficient (Wildman–Crippen LogP) is 1.81. The van der Waals surface area contributed by atoms with Crippen LogP contribution in [0.3, 0.4) is 0 Å². The van der Waals surface area contributed by atoms with E-state index in [1.165, 1.54) is 11.8 Å². The zero-order valence-corrected chi connectivity index (χ0v) is 13.6. The van der Waals surface area contributed by atoms with E-state index in [1.807, 2.05) is 24.3 Å². The van der Waals surface area contributed by atoms with Gasteiger partial charge in [0.15, 0.2) is 4.75 Å². The molecule has 1 N–H and O–H groups in total. The van der Waals surface area contributed by atoms with Crippen molar-refractivity contribution in [3.63, 3.8) is 0 Å². The number of hydrogen-bond acceptors (Lipinski definition) is 4.